The van der Waals surface area contributed by atoms with E-state index in [9.17, 15) is 27.2 Å². The van der Waals surface area contributed by atoms with Crippen LogP contribution < -0.4 is 4.90 Å². The van der Waals surface area contributed by atoms with E-state index in [1.807, 2.05) is 0 Å². The number of para-hydroxylation sites is 1. The van der Waals surface area contributed by atoms with Gasteiger partial charge in [-0.05, 0) is 12.1 Å². The molecule has 0 radical (unpaired) electrons. The Bertz CT molecular complexity index is 781. The van der Waals surface area contributed by atoms with Gasteiger partial charge in [0.15, 0.2) is 0 Å². The molecule has 0 saturated heterocycles. The van der Waals surface area contributed by atoms with Crippen molar-refractivity contribution in [1.82, 2.24) is 4.98 Å². The second-order valence-electron chi connectivity index (χ2n) is 4.16. The Balaban J connectivity index is 2.32. The lowest BCUT2D eigenvalue weighted by atomic mass is 10.1. The third kappa shape index (κ3) is 1.72. The molecule has 1 aliphatic heterocycles. The number of hydrogen-bond donors (Lipinski definition) is 0. The average molecular weight is 296 g/mol. The highest BCUT2D eigenvalue weighted by Gasteiger charge is 2.40. The second-order valence-corrected chi connectivity index (χ2v) is 4.16. The van der Waals surface area contributed by atoms with Crippen LogP contribution in [0.1, 0.15) is 10.4 Å². The van der Waals surface area contributed by atoms with Crippen LogP contribution in [0, 0.1) is 23.5 Å². The van der Waals surface area contributed by atoms with Crippen molar-refractivity contribution in [3.8, 4) is 0 Å². The first-order chi connectivity index (χ1) is 9.93. The molecule has 0 N–H and O–H groups in total. The maximum atomic E-state index is 13.7. The Kier molecular flexibility index (Phi) is 2.75. The van der Waals surface area contributed by atoms with E-state index in [4.69, 9.17) is 0 Å². The summed E-state index contributed by atoms with van der Waals surface area (Å²) >= 11 is 0. The predicted octanol–water partition coefficient (Wildman–Crippen LogP) is 2.50. The maximum Gasteiger partial charge on any atom is 0.304 e. The summed E-state index contributed by atoms with van der Waals surface area (Å²) in [6.07, 6.45) is 0. The minimum Gasteiger partial charge on any atom is -0.283 e. The summed E-state index contributed by atoms with van der Waals surface area (Å²) in [6.45, 7) is 0. The molecule has 0 unspecified atom stereocenters. The average Bonchev–Trinajstić information content (AvgIpc) is 2.71. The van der Waals surface area contributed by atoms with E-state index in [-0.39, 0.29) is 11.3 Å². The van der Waals surface area contributed by atoms with E-state index in [2.05, 4.69) is 4.98 Å². The highest BCUT2D eigenvalue weighted by Crippen LogP contribution is 2.38. The summed E-state index contributed by atoms with van der Waals surface area (Å²) in [7, 11) is 0. The molecule has 0 saturated carbocycles. The highest BCUT2D eigenvalue weighted by molar-refractivity contribution is 6.53. The highest BCUT2D eigenvalue weighted by atomic mass is 19.2. The van der Waals surface area contributed by atoms with Crippen molar-refractivity contribution in [2.45, 2.75) is 0 Å². The molecular weight excluding hydrogens is 292 g/mol. The molecular formula is C13H4F4N2O2. The summed E-state index contributed by atoms with van der Waals surface area (Å²) < 4.78 is 53.8. The molecule has 1 aromatic heterocycles. The molecule has 1 aromatic carbocycles. The van der Waals surface area contributed by atoms with Gasteiger partial charge in [-0.2, -0.15) is 22.5 Å². The van der Waals surface area contributed by atoms with Gasteiger partial charge in [0.2, 0.25) is 11.6 Å². The molecule has 2 heterocycles. The molecule has 0 aliphatic carbocycles. The molecule has 0 fully saturated rings. The molecule has 2 aromatic rings. The molecule has 1 aliphatic rings. The van der Waals surface area contributed by atoms with E-state index in [1.165, 1.54) is 24.3 Å². The fraction of sp³-hybridized carbons (Fsp3) is 0. The van der Waals surface area contributed by atoms with Gasteiger partial charge in [-0.1, -0.05) is 12.1 Å². The van der Waals surface area contributed by atoms with Crippen LogP contribution >= 0.6 is 0 Å². The Morgan fingerprint density at radius 1 is 0.905 bits per heavy atom. The zero-order valence-electron chi connectivity index (χ0n) is 10.0. The number of nitrogens with zero attached hydrogens (tertiary/aromatic N) is 2. The predicted molar refractivity (Wildman–Crippen MR) is 62.0 cm³/mol. The van der Waals surface area contributed by atoms with Crippen LogP contribution in [0.3, 0.4) is 0 Å². The summed E-state index contributed by atoms with van der Waals surface area (Å²) in [6, 6.07) is 5.34. The Morgan fingerprint density at radius 3 is 2.10 bits per heavy atom. The largest absolute Gasteiger partial charge is 0.304 e. The van der Waals surface area contributed by atoms with Gasteiger partial charge in [-0.3, -0.25) is 14.5 Å². The summed E-state index contributed by atoms with van der Waals surface area (Å²) in [4.78, 5) is 26.3. The van der Waals surface area contributed by atoms with Crippen molar-refractivity contribution in [3.63, 3.8) is 0 Å². The molecule has 0 atom stereocenters. The summed E-state index contributed by atoms with van der Waals surface area (Å²) in [5.41, 5.74) is -1.57. The van der Waals surface area contributed by atoms with Gasteiger partial charge in [0, 0.05) is 0 Å². The van der Waals surface area contributed by atoms with Crippen LogP contribution in [0.25, 0.3) is 0 Å². The lowest BCUT2D eigenvalue weighted by molar-refractivity contribution is -0.113. The smallest absolute Gasteiger partial charge is 0.283 e. The third-order valence-electron chi connectivity index (χ3n) is 2.98. The number of Topliss-reactive ketones (excluding diaryl/α,β-unsaturated/α-hetero) is 1. The number of halogens is 4. The number of fused-ring (bicyclic) bond motifs is 1. The summed E-state index contributed by atoms with van der Waals surface area (Å²) in [5.74, 6) is -9.86. The monoisotopic (exact) mass is 296 g/mol. The van der Waals surface area contributed by atoms with Gasteiger partial charge in [0.1, 0.15) is 5.69 Å². The molecule has 4 nitrogen and oxygen atoms in total. The van der Waals surface area contributed by atoms with Gasteiger partial charge < -0.3 is 0 Å². The quantitative estimate of drug-likeness (QED) is 0.461. The van der Waals surface area contributed by atoms with Crippen LogP contribution in [-0.4, -0.2) is 16.7 Å². The second kappa shape index (κ2) is 4.37. The number of pyridine rings is 1. The van der Waals surface area contributed by atoms with Crippen molar-refractivity contribution < 1.29 is 27.2 Å². The Morgan fingerprint density at radius 2 is 1.48 bits per heavy atom. The van der Waals surface area contributed by atoms with E-state index >= 15 is 0 Å². The van der Waals surface area contributed by atoms with Gasteiger partial charge in [0.05, 0.1) is 11.3 Å². The number of anilines is 2. The maximum absolute atomic E-state index is 13.7. The summed E-state index contributed by atoms with van der Waals surface area (Å²) in [5, 5.41) is 0. The molecule has 1 amide bonds. The number of rotatable bonds is 1. The minimum absolute atomic E-state index is 0.112. The van der Waals surface area contributed by atoms with Crippen LogP contribution in [0.2, 0.25) is 0 Å². The van der Waals surface area contributed by atoms with E-state index in [1.54, 1.807) is 0 Å². The first-order valence-electron chi connectivity index (χ1n) is 5.61. The van der Waals surface area contributed by atoms with Crippen LogP contribution in [0.5, 0.6) is 0 Å². The minimum atomic E-state index is -1.91. The first kappa shape index (κ1) is 13.2. The van der Waals surface area contributed by atoms with Crippen molar-refractivity contribution in [2.24, 2.45) is 0 Å². The van der Waals surface area contributed by atoms with Crippen LogP contribution in [0.4, 0.5) is 28.9 Å². The molecule has 106 valence electrons. The molecule has 8 heteroatoms. The molecule has 21 heavy (non-hydrogen) atoms. The topological polar surface area (TPSA) is 50.3 Å². The number of amides is 1. The standard InChI is InChI=1S/C13H4F4N2O2/c14-7-9(8(15)12(17)18-11(7)16)19-6-4-2-1-3-5(6)10(20)13(19)21/h1-4H. The number of carbonyl (C=O) groups is 2. The molecule has 3 rings (SSSR count). The van der Waals surface area contributed by atoms with Gasteiger partial charge in [0.25, 0.3) is 17.7 Å². The Hall–Kier alpha value is -2.77. The third-order valence-corrected chi connectivity index (χ3v) is 2.98. The van der Waals surface area contributed by atoms with E-state index in [0.717, 1.165) is 0 Å². The van der Waals surface area contributed by atoms with Gasteiger partial charge in [-0.15, -0.1) is 0 Å². The van der Waals surface area contributed by atoms with E-state index < -0.39 is 40.9 Å². The van der Waals surface area contributed by atoms with Crippen molar-refractivity contribution in [3.05, 3.63) is 53.4 Å². The number of hydrogen-bond acceptors (Lipinski definition) is 3. The number of carbonyl (C=O) groups excluding carboxylic acids is 2. The van der Waals surface area contributed by atoms with Gasteiger partial charge in [-0.25, -0.2) is 0 Å². The van der Waals surface area contributed by atoms with Crippen molar-refractivity contribution in [1.29, 1.82) is 0 Å². The molecule has 0 bridgehead atoms. The number of ketones is 1. The normalized spacial score (nSPS) is 13.8. The lowest BCUT2D eigenvalue weighted by Crippen LogP contribution is -2.27. The fourth-order valence-electron chi connectivity index (χ4n) is 2.08. The van der Waals surface area contributed by atoms with Crippen LogP contribution in [-0.2, 0) is 4.79 Å². The van der Waals surface area contributed by atoms with Crippen molar-refractivity contribution >= 4 is 23.1 Å². The molecule has 0 spiro atoms. The Labute approximate surface area is 114 Å². The van der Waals surface area contributed by atoms with E-state index in [0.29, 0.717) is 4.90 Å². The van der Waals surface area contributed by atoms with Crippen molar-refractivity contribution in [2.75, 3.05) is 4.90 Å². The van der Waals surface area contributed by atoms with Crippen LogP contribution in [0.15, 0.2) is 24.3 Å². The number of benzene rings is 1. The fourth-order valence-corrected chi connectivity index (χ4v) is 2.08. The lowest BCUT2D eigenvalue weighted by Gasteiger charge is -2.18. The van der Waals surface area contributed by atoms with Gasteiger partial charge >= 0.3 is 5.91 Å². The SMILES string of the molecule is O=C1C(=O)N(c2c(F)c(F)nc(F)c2F)c2ccccc21. The first-order valence-corrected chi connectivity index (χ1v) is 5.61. The zero-order chi connectivity index (χ0) is 15.3. The number of aromatic nitrogens is 1. The zero-order valence-corrected chi connectivity index (χ0v) is 10.0.